The van der Waals surface area contributed by atoms with Gasteiger partial charge in [0.2, 0.25) is 0 Å². The molecule has 1 N–H and O–H groups in total. The molecule has 1 amide bonds. The van der Waals surface area contributed by atoms with Gasteiger partial charge >= 0.3 is 6.61 Å². The van der Waals surface area contributed by atoms with E-state index in [1.807, 2.05) is 0 Å². The lowest BCUT2D eigenvalue weighted by molar-refractivity contribution is -0.0504. The third kappa shape index (κ3) is 4.13. The van der Waals surface area contributed by atoms with Crippen molar-refractivity contribution in [3.63, 3.8) is 0 Å². The number of carbonyl (C=O) groups is 1. The van der Waals surface area contributed by atoms with Crippen LogP contribution in [0.1, 0.15) is 15.9 Å². The van der Waals surface area contributed by atoms with E-state index in [4.69, 9.17) is 11.6 Å². The molecule has 1 aromatic heterocycles. The molecule has 0 bridgehead atoms. The fourth-order valence-corrected chi connectivity index (χ4v) is 1.90. The zero-order chi connectivity index (χ0) is 15.2. The summed E-state index contributed by atoms with van der Waals surface area (Å²) in [6, 6.07) is 7.71. The van der Waals surface area contributed by atoms with Gasteiger partial charge in [-0.3, -0.25) is 9.78 Å². The molecule has 2 rings (SSSR count). The minimum Gasteiger partial charge on any atom is -0.434 e. The van der Waals surface area contributed by atoms with Crippen molar-refractivity contribution in [2.75, 3.05) is 0 Å². The molecule has 0 saturated heterocycles. The van der Waals surface area contributed by atoms with Crippen molar-refractivity contribution in [2.45, 2.75) is 13.2 Å². The van der Waals surface area contributed by atoms with Crippen LogP contribution in [0.2, 0.25) is 5.02 Å². The molecule has 0 radical (unpaired) electrons. The molecule has 0 atom stereocenters. The fraction of sp³-hybridized carbons (Fsp3) is 0.143. The first-order valence-corrected chi connectivity index (χ1v) is 6.36. The second kappa shape index (κ2) is 6.99. The Bertz CT molecular complexity index is 638. The normalized spacial score (nSPS) is 10.5. The van der Waals surface area contributed by atoms with Gasteiger partial charge in [-0.2, -0.15) is 8.78 Å². The maximum atomic E-state index is 12.3. The van der Waals surface area contributed by atoms with Gasteiger partial charge in [-0.25, -0.2) is 0 Å². The average Bonchev–Trinajstić information content (AvgIpc) is 2.46. The molecular weight excluding hydrogens is 302 g/mol. The Morgan fingerprint density at radius 1 is 1.33 bits per heavy atom. The molecule has 0 spiro atoms. The Hall–Kier alpha value is -2.21. The number of nitrogens with one attached hydrogen (secondary N) is 1. The number of aromatic nitrogens is 1. The Morgan fingerprint density at radius 3 is 2.81 bits per heavy atom. The number of pyridine rings is 1. The molecule has 110 valence electrons. The number of benzene rings is 1. The van der Waals surface area contributed by atoms with E-state index in [-0.39, 0.29) is 22.9 Å². The molecule has 21 heavy (non-hydrogen) atoms. The van der Waals surface area contributed by atoms with Gasteiger partial charge in [0, 0.05) is 24.5 Å². The number of amides is 1. The highest BCUT2D eigenvalue weighted by atomic mass is 35.5. The Balaban J connectivity index is 2.07. The third-order valence-corrected chi connectivity index (χ3v) is 2.95. The molecule has 0 aliphatic carbocycles. The summed E-state index contributed by atoms with van der Waals surface area (Å²) in [6.45, 7) is -2.88. The SMILES string of the molecule is O=C(NCc1ccccc1OC(F)F)c1ccncc1Cl. The Morgan fingerprint density at radius 2 is 2.10 bits per heavy atom. The van der Waals surface area contributed by atoms with Crippen molar-refractivity contribution >= 4 is 17.5 Å². The topological polar surface area (TPSA) is 51.2 Å². The molecule has 1 aromatic carbocycles. The van der Waals surface area contributed by atoms with E-state index in [9.17, 15) is 13.6 Å². The molecule has 7 heteroatoms. The first kappa shape index (κ1) is 15.2. The van der Waals surface area contributed by atoms with Crippen LogP contribution >= 0.6 is 11.6 Å². The van der Waals surface area contributed by atoms with E-state index in [0.717, 1.165) is 0 Å². The molecule has 2 aromatic rings. The van der Waals surface area contributed by atoms with Crippen molar-refractivity contribution in [1.82, 2.24) is 10.3 Å². The summed E-state index contributed by atoms with van der Waals surface area (Å²) < 4.78 is 29.0. The van der Waals surface area contributed by atoms with Gasteiger partial charge in [0.25, 0.3) is 5.91 Å². The quantitative estimate of drug-likeness (QED) is 0.922. The zero-order valence-corrected chi connectivity index (χ0v) is 11.5. The van der Waals surface area contributed by atoms with E-state index >= 15 is 0 Å². The third-order valence-electron chi connectivity index (χ3n) is 2.65. The van der Waals surface area contributed by atoms with E-state index in [0.29, 0.717) is 5.56 Å². The van der Waals surface area contributed by atoms with Gasteiger partial charge in [0.1, 0.15) is 5.75 Å². The minimum atomic E-state index is -2.92. The van der Waals surface area contributed by atoms with Crippen molar-refractivity contribution in [3.8, 4) is 5.75 Å². The molecule has 1 heterocycles. The summed E-state index contributed by atoms with van der Waals surface area (Å²) >= 11 is 5.85. The molecule has 4 nitrogen and oxygen atoms in total. The first-order chi connectivity index (χ1) is 10.1. The predicted molar refractivity (Wildman–Crippen MR) is 73.5 cm³/mol. The Kier molecular flexibility index (Phi) is 5.05. The van der Waals surface area contributed by atoms with Crippen molar-refractivity contribution in [1.29, 1.82) is 0 Å². The maximum absolute atomic E-state index is 12.3. The average molecular weight is 313 g/mol. The van der Waals surface area contributed by atoms with E-state index in [2.05, 4.69) is 15.0 Å². The smallest absolute Gasteiger partial charge is 0.387 e. The van der Waals surface area contributed by atoms with Gasteiger partial charge in [-0.15, -0.1) is 0 Å². The number of para-hydroxylation sites is 1. The summed E-state index contributed by atoms with van der Waals surface area (Å²) in [6.07, 6.45) is 2.79. The van der Waals surface area contributed by atoms with Crippen LogP contribution in [0.25, 0.3) is 0 Å². The maximum Gasteiger partial charge on any atom is 0.387 e. The highest BCUT2D eigenvalue weighted by molar-refractivity contribution is 6.33. The van der Waals surface area contributed by atoms with Crippen LogP contribution in [0.3, 0.4) is 0 Å². The number of alkyl halides is 2. The summed E-state index contributed by atoms with van der Waals surface area (Å²) in [5, 5.41) is 2.81. The van der Waals surface area contributed by atoms with Crippen LogP contribution < -0.4 is 10.1 Å². The molecule has 0 saturated carbocycles. The fourth-order valence-electron chi connectivity index (χ4n) is 1.69. The predicted octanol–water partition coefficient (Wildman–Crippen LogP) is 3.27. The lowest BCUT2D eigenvalue weighted by atomic mass is 10.2. The standard InChI is InChI=1S/C14H11ClF2N2O2/c15-11-8-18-6-5-10(11)13(20)19-7-9-3-1-2-4-12(9)21-14(16)17/h1-6,8,14H,7H2,(H,19,20). The summed E-state index contributed by atoms with van der Waals surface area (Å²) in [4.78, 5) is 15.7. The van der Waals surface area contributed by atoms with Gasteiger partial charge in [-0.1, -0.05) is 29.8 Å². The van der Waals surface area contributed by atoms with Crippen LogP contribution in [-0.4, -0.2) is 17.5 Å². The van der Waals surface area contributed by atoms with Gasteiger partial charge in [0.05, 0.1) is 10.6 Å². The lowest BCUT2D eigenvalue weighted by Gasteiger charge is -2.11. The largest absolute Gasteiger partial charge is 0.434 e. The first-order valence-electron chi connectivity index (χ1n) is 5.98. The number of carbonyl (C=O) groups excluding carboxylic acids is 1. The second-order valence-corrected chi connectivity index (χ2v) is 4.43. The van der Waals surface area contributed by atoms with E-state index in [1.54, 1.807) is 18.2 Å². The summed E-state index contributed by atoms with van der Waals surface area (Å²) in [5.41, 5.74) is 0.704. The minimum absolute atomic E-state index is 0.0219. The van der Waals surface area contributed by atoms with Crippen LogP contribution in [0, 0.1) is 0 Å². The van der Waals surface area contributed by atoms with Gasteiger partial charge < -0.3 is 10.1 Å². The number of halogens is 3. The zero-order valence-electron chi connectivity index (χ0n) is 10.7. The summed E-state index contributed by atoms with van der Waals surface area (Å²) in [7, 11) is 0. The number of rotatable bonds is 5. The van der Waals surface area contributed by atoms with Crippen LogP contribution in [-0.2, 0) is 6.54 Å². The number of ether oxygens (including phenoxy) is 1. The monoisotopic (exact) mass is 312 g/mol. The molecule has 0 unspecified atom stereocenters. The van der Waals surface area contributed by atoms with Crippen LogP contribution in [0.4, 0.5) is 8.78 Å². The lowest BCUT2D eigenvalue weighted by Crippen LogP contribution is -2.23. The number of nitrogens with zero attached hydrogens (tertiary/aromatic N) is 1. The Labute approximate surface area is 124 Å². The molecule has 0 aliphatic rings. The van der Waals surface area contributed by atoms with Gasteiger partial charge in [-0.05, 0) is 12.1 Å². The van der Waals surface area contributed by atoms with E-state index < -0.39 is 12.5 Å². The molecule has 0 fully saturated rings. The van der Waals surface area contributed by atoms with Crippen molar-refractivity contribution < 1.29 is 18.3 Å². The number of hydrogen-bond acceptors (Lipinski definition) is 3. The highest BCUT2D eigenvalue weighted by Gasteiger charge is 2.12. The van der Waals surface area contributed by atoms with Crippen molar-refractivity contribution in [3.05, 3.63) is 58.9 Å². The van der Waals surface area contributed by atoms with Crippen LogP contribution in [0.15, 0.2) is 42.7 Å². The van der Waals surface area contributed by atoms with Gasteiger partial charge in [0.15, 0.2) is 0 Å². The second-order valence-electron chi connectivity index (χ2n) is 4.02. The molecule has 0 aliphatic heterocycles. The van der Waals surface area contributed by atoms with Crippen LogP contribution in [0.5, 0.6) is 5.75 Å². The summed E-state index contributed by atoms with van der Waals surface area (Å²) in [5.74, 6) is -0.400. The van der Waals surface area contributed by atoms with Crippen molar-refractivity contribution in [2.24, 2.45) is 0 Å². The molecular formula is C14H11ClF2N2O2. The van der Waals surface area contributed by atoms with E-state index in [1.165, 1.54) is 24.5 Å². The number of hydrogen-bond donors (Lipinski definition) is 1. The highest BCUT2D eigenvalue weighted by Crippen LogP contribution is 2.20.